The van der Waals surface area contributed by atoms with Crippen LogP contribution in [-0.2, 0) is 21.2 Å². The second kappa shape index (κ2) is 8.67. The predicted molar refractivity (Wildman–Crippen MR) is 94.9 cm³/mol. The van der Waals surface area contributed by atoms with Gasteiger partial charge in [-0.05, 0) is 18.1 Å². The Morgan fingerprint density at radius 2 is 2.00 bits per heavy atom. The van der Waals surface area contributed by atoms with Crippen molar-refractivity contribution in [2.75, 3.05) is 11.9 Å². The zero-order valence-electron chi connectivity index (χ0n) is 13.1. The summed E-state index contributed by atoms with van der Waals surface area (Å²) in [5.74, 6) is -0.316. The third kappa shape index (κ3) is 6.19. The van der Waals surface area contributed by atoms with Crippen molar-refractivity contribution in [2.24, 2.45) is 0 Å². The Morgan fingerprint density at radius 1 is 1.25 bits per heavy atom. The van der Waals surface area contributed by atoms with Crippen LogP contribution in [0, 0.1) is 0 Å². The highest BCUT2D eigenvalue weighted by Gasteiger charge is 2.09. The third-order valence-corrected chi connectivity index (χ3v) is 4.99. The first-order valence-corrected chi connectivity index (χ1v) is 9.70. The molecule has 0 unspecified atom stereocenters. The number of hydrogen-bond donors (Lipinski definition) is 2. The topological polar surface area (TPSA) is 101 Å². The number of nitrogens with zero attached hydrogens (tertiary/aromatic N) is 2. The fraction of sp³-hybridized carbons (Fsp3) is 0.267. The summed E-state index contributed by atoms with van der Waals surface area (Å²) in [7, 11) is -3.58. The van der Waals surface area contributed by atoms with Crippen molar-refractivity contribution in [3.05, 3.63) is 46.3 Å². The first-order valence-electron chi connectivity index (χ1n) is 7.33. The molecule has 1 amide bonds. The fourth-order valence-electron chi connectivity index (χ4n) is 1.72. The standard InChI is InChI=1S/C15H18N4O3S2/c1-2-14-18-19-15(23-14)17-13(20)8-10-16-24(21,22)11-9-12-6-4-3-5-7-12/h3-7,9,11,16H,2,8,10H2,1H3,(H,17,19,20)/b11-9+. The number of benzene rings is 1. The van der Waals surface area contributed by atoms with E-state index in [2.05, 4.69) is 20.2 Å². The summed E-state index contributed by atoms with van der Waals surface area (Å²) in [4.78, 5) is 11.8. The normalized spacial score (nSPS) is 11.7. The lowest BCUT2D eigenvalue weighted by Crippen LogP contribution is -2.26. The molecule has 0 spiro atoms. The summed E-state index contributed by atoms with van der Waals surface area (Å²) in [5.41, 5.74) is 0.781. The lowest BCUT2D eigenvalue weighted by Gasteiger charge is -2.03. The van der Waals surface area contributed by atoms with E-state index in [9.17, 15) is 13.2 Å². The zero-order valence-corrected chi connectivity index (χ0v) is 14.7. The average molecular weight is 366 g/mol. The summed E-state index contributed by atoms with van der Waals surface area (Å²) in [6.07, 6.45) is 2.26. The molecule has 7 nitrogen and oxygen atoms in total. The quantitative estimate of drug-likeness (QED) is 0.744. The molecule has 1 aromatic heterocycles. The van der Waals surface area contributed by atoms with E-state index in [0.29, 0.717) is 5.13 Å². The van der Waals surface area contributed by atoms with E-state index in [-0.39, 0.29) is 18.9 Å². The predicted octanol–water partition coefficient (Wildman–Crippen LogP) is 2.02. The molecule has 2 rings (SSSR count). The van der Waals surface area contributed by atoms with Crippen LogP contribution in [0.5, 0.6) is 0 Å². The number of carbonyl (C=O) groups excluding carboxylic acids is 1. The van der Waals surface area contributed by atoms with Gasteiger partial charge in [-0.25, -0.2) is 13.1 Å². The van der Waals surface area contributed by atoms with Gasteiger partial charge in [0.2, 0.25) is 21.1 Å². The highest BCUT2D eigenvalue weighted by molar-refractivity contribution is 7.92. The van der Waals surface area contributed by atoms with E-state index in [1.54, 1.807) is 12.1 Å². The van der Waals surface area contributed by atoms with Gasteiger partial charge in [0.25, 0.3) is 0 Å². The lowest BCUT2D eigenvalue weighted by molar-refractivity contribution is -0.116. The number of aryl methyl sites for hydroxylation is 1. The highest BCUT2D eigenvalue weighted by Crippen LogP contribution is 2.15. The minimum atomic E-state index is -3.58. The van der Waals surface area contributed by atoms with Crippen LogP contribution in [0.25, 0.3) is 6.08 Å². The third-order valence-electron chi connectivity index (χ3n) is 2.91. The van der Waals surface area contributed by atoms with Gasteiger partial charge in [0.15, 0.2) is 0 Å². The van der Waals surface area contributed by atoms with E-state index in [1.165, 1.54) is 17.4 Å². The Balaban J connectivity index is 1.77. The molecule has 2 N–H and O–H groups in total. The Labute approximate surface area is 144 Å². The van der Waals surface area contributed by atoms with Crippen molar-refractivity contribution in [2.45, 2.75) is 19.8 Å². The molecule has 0 bridgehead atoms. The van der Waals surface area contributed by atoms with Gasteiger partial charge in [-0.1, -0.05) is 48.6 Å². The van der Waals surface area contributed by atoms with Crippen LogP contribution >= 0.6 is 11.3 Å². The van der Waals surface area contributed by atoms with E-state index >= 15 is 0 Å². The average Bonchev–Trinajstić information content (AvgIpc) is 3.01. The highest BCUT2D eigenvalue weighted by atomic mass is 32.2. The van der Waals surface area contributed by atoms with E-state index < -0.39 is 10.0 Å². The maximum atomic E-state index is 11.8. The van der Waals surface area contributed by atoms with Crippen molar-refractivity contribution >= 4 is 38.5 Å². The number of aromatic nitrogens is 2. The van der Waals surface area contributed by atoms with Gasteiger partial charge in [-0.15, -0.1) is 10.2 Å². The van der Waals surface area contributed by atoms with Crippen LogP contribution in [0.15, 0.2) is 35.7 Å². The van der Waals surface area contributed by atoms with Gasteiger partial charge >= 0.3 is 0 Å². The molecule has 0 aliphatic carbocycles. The van der Waals surface area contributed by atoms with Gasteiger partial charge in [-0.3, -0.25) is 4.79 Å². The number of hydrogen-bond acceptors (Lipinski definition) is 6. The number of anilines is 1. The maximum Gasteiger partial charge on any atom is 0.233 e. The molecular weight excluding hydrogens is 348 g/mol. The molecule has 9 heteroatoms. The largest absolute Gasteiger partial charge is 0.300 e. The molecule has 2 aromatic rings. The number of sulfonamides is 1. The summed E-state index contributed by atoms with van der Waals surface area (Å²) in [6, 6.07) is 9.09. The number of amides is 1. The number of nitrogens with one attached hydrogen (secondary N) is 2. The van der Waals surface area contributed by atoms with Crippen LogP contribution in [0.3, 0.4) is 0 Å². The first-order chi connectivity index (χ1) is 11.5. The van der Waals surface area contributed by atoms with Crippen molar-refractivity contribution < 1.29 is 13.2 Å². The second-order valence-corrected chi connectivity index (χ2v) is 7.52. The van der Waals surface area contributed by atoms with Crippen molar-refractivity contribution in [3.63, 3.8) is 0 Å². The van der Waals surface area contributed by atoms with Crippen LogP contribution in [0.1, 0.15) is 23.9 Å². The molecule has 0 saturated carbocycles. The monoisotopic (exact) mass is 366 g/mol. The van der Waals surface area contributed by atoms with Crippen LogP contribution < -0.4 is 10.0 Å². The van der Waals surface area contributed by atoms with Gasteiger partial charge in [0, 0.05) is 18.4 Å². The maximum absolute atomic E-state index is 11.8. The van der Waals surface area contributed by atoms with Gasteiger partial charge < -0.3 is 5.32 Å². The molecule has 0 radical (unpaired) electrons. The minimum Gasteiger partial charge on any atom is -0.300 e. The fourth-order valence-corrected chi connectivity index (χ4v) is 3.23. The van der Waals surface area contributed by atoms with E-state index in [0.717, 1.165) is 22.4 Å². The number of carbonyl (C=O) groups is 1. The second-order valence-electron chi connectivity index (χ2n) is 4.81. The summed E-state index contributed by atoms with van der Waals surface area (Å²) in [5, 5.41) is 12.7. The molecule has 0 aliphatic rings. The van der Waals surface area contributed by atoms with Crippen LogP contribution in [-0.4, -0.2) is 31.1 Å². The zero-order chi connectivity index (χ0) is 17.4. The summed E-state index contributed by atoms with van der Waals surface area (Å²) in [6.45, 7) is 1.95. The first kappa shape index (κ1) is 18.2. The van der Waals surface area contributed by atoms with Gasteiger partial charge in [0.05, 0.1) is 0 Å². The SMILES string of the molecule is CCc1nnc(NC(=O)CCNS(=O)(=O)/C=C/c2ccccc2)s1. The summed E-state index contributed by atoms with van der Waals surface area (Å²) < 4.78 is 26.0. The molecule has 0 atom stereocenters. The molecule has 0 fully saturated rings. The van der Waals surface area contributed by atoms with Crippen molar-refractivity contribution in [1.82, 2.24) is 14.9 Å². The lowest BCUT2D eigenvalue weighted by atomic mass is 10.2. The van der Waals surface area contributed by atoms with E-state index in [4.69, 9.17) is 0 Å². The molecule has 24 heavy (non-hydrogen) atoms. The molecule has 0 aliphatic heterocycles. The van der Waals surface area contributed by atoms with Crippen molar-refractivity contribution in [3.8, 4) is 0 Å². The Morgan fingerprint density at radius 3 is 2.67 bits per heavy atom. The minimum absolute atomic E-state index is 0.00668. The van der Waals surface area contributed by atoms with Crippen LogP contribution in [0.4, 0.5) is 5.13 Å². The van der Waals surface area contributed by atoms with E-state index in [1.807, 2.05) is 25.1 Å². The molecule has 0 saturated heterocycles. The molecular formula is C15H18N4O3S2. The molecule has 128 valence electrons. The molecule has 1 aromatic carbocycles. The van der Waals surface area contributed by atoms with Crippen LogP contribution in [0.2, 0.25) is 0 Å². The van der Waals surface area contributed by atoms with Gasteiger partial charge in [0.1, 0.15) is 5.01 Å². The summed E-state index contributed by atoms with van der Waals surface area (Å²) >= 11 is 1.30. The Bertz CT molecular complexity index is 801. The van der Waals surface area contributed by atoms with Gasteiger partial charge in [-0.2, -0.15) is 0 Å². The number of rotatable bonds is 8. The smallest absolute Gasteiger partial charge is 0.233 e. The Kier molecular flexibility index (Phi) is 6.59. The molecule has 1 heterocycles. The Hall–Kier alpha value is -2.10. The van der Waals surface area contributed by atoms with Crippen molar-refractivity contribution in [1.29, 1.82) is 0 Å².